The molecule has 0 aliphatic carbocycles. The summed E-state index contributed by atoms with van der Waals surface area (Å²) in [6, 6.07) is 8.56. The lowest BCUT2D eigenvalue weighted by Gasteiger charge is -2.36. The first-order valence-electron chi connectivity index (χ1n) is 5.34. The van der Waals surface area contributed by atoms with E-state index >= 15 is 0 Å². The monoisotopic (exact) mass is 219 g/mol. The molecule has 0 saturated carbocycles. The molecule has 2 rings (SSSR count). The number of halogens is 1. The van der Waals surface area contributed by atoms with Crippen LogP contribution in [0.15, 0.2) is 24.3 Å². The number of nitrogens with zero attached hydrogens (tertiary/aromatic N) is 2. The van der Waals surface area contributed by atoms with E-state index in [1.54, 1.807) is 12.1 Å². The lowest BCUT2D eigenvalue weighted by molar-refractivity contribution is 0.415. The van der Waals surface area contributed by atoms with E-state index in [1.165, 1.54) is 12.1 Å². The largest absolute Gasteiger partial charge is 0.371 e. The number of nitriles is 1. The average molecular weight is 219 g/mol. The van der Waals surface area contributed by atoms with E-state index in [0.29, 0.717) is 12.8 Å². The number of rotatable bonds is 1. The number of nitrogens with two attached hydrogens (primary N) is 1. The van der Waals surface area contributed by atoms with E-state index in [1.807, 2.05) is 0 Å². The molecular weight excluding hydrogens is 205 g/mol. The Hall–Kier alpha value is -1.60. The Morgan fingerprint density at radius 1 is 1.25 bits per heavy atom. The average Bonchev–Trinajstić information content (AvgIpc) is 2.32. The molecule has 0 spiro atoms. The van der Waals surface area contributed by atoms with E-state index in [0.717, 1.165) is 18.8 Å². The van der Waals surface area contributed by atoms with Crippen LogP contribution in [0.25, 0.3) is 0 Å². The Labute approximate surface area is 94.3 Å². The summed E-state index contributed by atoms with van der Waals surface area (Å²) < 4.78 is 12.7. The third-order valence-corrected chi connectivity index (χ3v) is 3.07. The second kappa shape index (κ2) is 4.11. The number of benzene rings is 1. The van der Waals surface area contributed by atoms with Crippen LogP contribution in [-0.4, -0.2) is 18.6 Å². The first-order valence-corrected chi connectivity index (χ1v) is 5.34. The Bertz CT molecular complexity index is 399. The molecule has 0 aromatic heterocycles. The maximum absolute atomic E-state index is 12.7. The van der Waals surface area contributed by atoms with Crippen molar-refractivity contribution in [2.24, 2.45) is 5.73 Å². The standard InChI is InChI=1S/C12H14FN3/c13-10-1-3-11(4-2-10)16-7-5-12(15,9-14)6-8-16/h1-4H,5-8,15H2. The molecule has 0 radical (unpaired) electrons. The minimum atomic E-state index is -0.684. The highest BCUT2D eigenvalue weighted by molar-refractivity contribution is 5.47. The van der Waals surface area contributed by atoms with Crippen LogP contribution >= 0.6 is 0 Å². The van der Waals surface area contributed by atoms with E-state index in [2.05, 4.69) is 11.0 Å². The van der Waals surface area contributed by atoms with Crippen LogP contribution in [-0.2, 0) is 0 Å². The highest BCUT2D eigenvalue weighted by Gasteiger charge is 2.30. The SMILES string of the molecule is N#CC1(N)CCN(c2ccc(F)cc2)CC1. The van der Waals surface area contributed by atoms with E-state index in [4.69, 9.17) is 11.0 Å². The Balaban J connectivity index is 2.05. The molecule has 84 valence electrons. The predicted molar refractivity (Wildman–Crippen MR) is 60.4 cm³/mol. The fourth-order valence-electron chi connectivity index (χ4n) is 1.93. The zero-order chi connectivity index (χ0) is 11.6. The van der Waals surface area contributed by atoms with E-state index in [-0.39, 0.29) is 5.82 Å². The van der Waals surface area contributed by atoms with E-state index in [9.17, 15) is 4.39 Å². The molecule has 2 N–H and O–H groups in total. The van der Waals surface area contributed by atoms with E-state index < -0.39 is 5.54 Å². The predicted octanol–water partition coefficient (Wildman–Crippen LogP) is 1.65. The number of piperidine rings is 1. The van der Waals surface area contributed by atoms with Crippen LogP contribution in [0.4, 0.5) is 10.1 Å². The summed E-state index contributed by atoms with van der Waals surface area (Å²) in [6.07, 6.45) is 1.31. The van der Waals surface area contributed by atoms with Gasteiger partial charge in [0.1, 0.15) is 11.4 Å². The first-order chi connectivity index (χ1) is 7.63. The molecule has 3 nitrogen and oxygen atoms in total. The van der Waals surface area contributed by atoms with Gasteiger partial charge in [0, 0.05) is 18.8 Å². The molecule has 1 heterocycles. The third kappa shape index (κ3) is 2.15. The van der Waals surface area contributed by atoms with Crippen molar-refractivity contribution in [3.05, 3.63) is 30.1 Å². The smallest absolute Gasteiger partial charge is 0.123 e. The highest BCUT2D eigenvalue weighted by atomic mass is 19.1. The van der Waals surface area contributed by atoms with Gasteiger partial charge in [-0.1, -0.05) is 0 Å². The molecule has 0 atom stereocenters. The molecular formula is C12H14FN3. The summed E-state index contributed by atoms with van der Waals surface area (Å²) in [5, 5.41) is 8.90. The summed E-state index contributed by atoms with van der Waals surface area (Å²) in [7, 11) is 0. The fraction of sp³-hybridized carbons (Fsp3) is 0.417. The molecule has 1 saturated heterocycles. The molecule has 0 amide bonds. The van der Waals surface area contributed by atoms with Gasteiger partial charge >= 0.3 is 0 Å². The van der Waals surface area contributed by atoms with Crippen molar-refractivity contribution < 1.29 is 4.39 Å². The Morgan fingerprint density at radius 2 is 1.81 bits per heavy atom. The quantitative estimate of drug-likeness (QED) is 0.781. The minimum Gasteiger partial charge on any atom is -0.371 e. The number of hydrogen-bond donors (Lipinski definition) is 1. The van der Waals surface area contributed by atoms with Crippen molar-refractivity contribution in [1.29, 1.82) is 5.26 Å². The molecule has 0 bridgehead atoms. The maximum Gasteiger partial charge on any atom is 0.123 e. The number of anilines is 1. The second-order valence-electron chi connectivity index (χ2n) is 4.23. The van der Waals surface area contributed by atoms with Crippen LogP contribution in [0.3, 0.4) is 0 Å². The molecule has 4 heteroatoms. The van der Waals surface area contributed by atoms with Crippen LogP contribution < -0.4 is 10.6 Å². The lowest BCUT2D eigenvalue weighted by atomic mass is 9.90. The summed E-state index contributed by atoms with van der Waals surface area (Å²) >= 11 is 0. The van der Waals surface area contributed by atoms with Gasteiger partial charge in [-0.3, -0.25) is 0 Å². The Kier molecular flexibility index (Phi) is 2.80. The van der Waals surface area contributed by atoms with Crippen molar-refractivity contribution in [2.75, 3.05) is 18.0 Å². The second-order valence-corrected chi connectivity index (χ2v) is 4.23. The molecule has 16 heavy (non-hydrogen) atoms. The summed E-state index contributed by atoms with van der Waals surface area (Å²) in [5.41, 5.74) is 6.18. The summed E-state index contributed by atoms with van der Waals surface area (Å²) in [5.74, 6) is -0.231. The summed E-state index contributed by atoms with van der Waals surface area (Å²) in [6.45, 7) is 1.49. The van der Waals surface area contributed by atoms with Crippen molar-refractivity contribution in [1.82, 2.24) is 0 Å². The molecule has 0 unspecified atom stereocenters. The minimum absolute atomic E-state index is 0.231. The summed E-state index contributed by atoms with van der Waals surface area (Å²) in [4.78, 5) is 2.13. The zero-order valence-electron chi connectivity index (χ0n) is 8.99. The zero-order valence-corrected chi connectivity index (χ0v) is 8.99. The Morgan fingerprint density at radius 3 is 2.31 bits per heavy atom. The van der Waals surface area contributed by atoms with Crippen LogP contribution in [0, 0.1) is 17.1 Å². The van der Waals surface area contributed by atoms with Gasteiger partial charge < -0.3 is 10.6 Å². The van der Waals surface area contributed by atoms with Gasteiger partial charge in [-0.25, -0.2) is 4.39 Å². The molecule has 1 aliphatic heterocycles. The van der Waals surface area contributed by atoms with Crippen molar-refractivity contribution in [3.63, 3.8) is 0 Å². The first kappa shape index (κ1) is 10.9. The van der Waals surface area contributed by atoms with Gasteiger partial charge in [0.2, 0.25) is 0 Å². The van der Waals surface area contributed by atoms with Crippen LogP contribution in [0.5, 0.6) is 0 Å². The van der Waals surface area contributed by atoms with Gasteiger partial charge in [-0.15, -0.1) is 0 Å². The van der Waals surface area contributed by atoms with Gasteiger partial charge in [-0.2, -0.15) is 5.26 Å². The van der Waals surface area contributed by atoms with Gasteiger partial charge in [0.15, 0.2) is 0 Å². The van der Waals surface area contributed by atoms with Crippen molar-refractivity contribution in [3.8, 4) is 6.07 Å². The van der Waals surface area contributed by atoms with Crippen LogP contribution in [0.2, 0.25) is 0 Å². The number of hydrogen-bond acceptors (Lipinski definition) is 3. The fourth-order valence-corrected chi connectivity index (χ4v) is 1.93. The third-order valence-electron chi connectivity index (χ3n) is 3.07. The van der Waals surface area contributed by atoms with Crippen molar-refractivity contribution in [2.45, 2.75) is 18.4 Å². The van der Waals surface area contributed by atoms with Crippen molar-refractivity contribution >= 4 is 5.69 Å². The maximum atomic E-state index is 12.7. The van der Waals surface area contributed by atoms with Crippen LogP contribution in [0.1, 0.15) is 12.8 Å². The normalized spacial score (nSPS) is 19.2. The molecule has 1 aromatic rings. The highest BCUT2D eigenvalue weighted by Crippen LogP contribution is 2.24. The molecule has 1 aliphatic rings. The molecule has 1 aromatic carbocycles. The topological polar surface area (TPSA) is 53.1 Å². The lowest BCUT2D eigenvalue weighted by Crippen LogP contribution is -2.49. The van der Waals surface area contributed by atoms with Gasteiger partial charge in [0.25, 0.3) is 0 Å². The van der Waals surface area contributed by atoms with Gasteiger partial charge in [0.05, 0.1) is 6.07 Å². The van der Waals surface area contributed by atoms with Gasteiger partial charge in [-0.05, 0) is 37.1 Å². The molecule has 1 fully saturated rings.